The second-order valence-corrected chi connectivity index (χ2v) is 5.87. The van der Waals surface area contributed by atoms with Crippen molar-refractivity contribution in [3.05, 3.63) is 42.0 Å². The molecule has 0 aliphatic carbocycles. The van der Waals surface area contributed by atoms with Gasteiger partial charge in [-0.1, -0.05) is 30.7 Å². The summed E-state index contributed by atoms with van der Waals surface area (Å²) < 4.78 is 0. The van der Waals surface area contributed by atoms with Gasteiger partial charge in [0, 0.05) is 13.1 Å². The highest BCUT2D eigenvalue weighted by Gasteiger charge is 2.13. The molecular formula is C18H22N2O2. The van der Waals surface area contributed by atoms with Crippen LogP contribution in [0.2, 0.25) is 0 Å². The molecule has 0 atom stereocenters. The van der Waals surface area contributed by atoms with Crippen molar-refractivity contribution in [3.8, 4) is 5.75 Å². The predicted octanol–water partition coefficient (Wildman–Crippen LogP) is 2.76. The Morgan fingerprint density at radius 3 is 2.50 bits per heavy atom. The lowest BCUT2D eigenvalue weighted by atomic mass is 10.1. The Balaban J connectivity index is 1.63. The first kappa shape index (κ1) is 14.9. The summed E-state index contributed by atoms with van der Waals surface area (Å²) in [4.78, 5) is 14.6. The highest BCUT2D eigenvalue weighted by Crippen LogP contribution is 2.24. The van der Waals surface area contributed by atoms with Crippen molar-refractivity contribution in [1.82, 2.24) is 10.2 Å². The number of likely N-dealkylation sites (tertiary alicyclic amines) is 1. The highest BCUT2D eigenvalue weighted by molar-refractivity contribution is 6.01. The fraction of sp³-hybridized carbons (Fsp3) is 0.389. The Labute approximate surface area is 130 Å². The van der Waals surface area contributed by atoms with Gasteiger partial charge in [-0.05, 0) is 48.8 Å². The molecule has 1 aliphatic heterocycles. The van der Waals surface area contributed by atoms with Gasteiger partial charge in [-0.2, -0.15) is 0 Å². The zero-order valence-electron chi connectivity index (χ0n) is 12.7. The Morgan fingerprint density at radius 2 is 1.77 bits per heavy atom. The third-order valence-electron chi connectivity index (χ3n) is 4.27. The number of benzene rings is 2. The van der Waals surface area contributed by atoms with Crippen LogP contribution in [-0.2, 0) is 0 Å². The number of piperidine rings is 1. The lowest BCUT2D eigenvalue weighted by Gasteiger charge is -2.26. The first-order chi connectivity index (χ1) is 10.7. The predicted molar refractivity (Wildman–Crippen MR) is 88.2 cm³/mol. The minimum absolute atomic E-state index is 0.0363. The van der Waals surface area contributed by atoms with E-state index in [0.29, 0.717) is 12.1 Å². The summed E-state index contributed by atoms with van der Waals surface area (Å²) in [5.74, 6) is -0.172. The van der Waals surface area contributed by atoms with Crippen LogP contribution in [0.1, 0.15) is 29.6 Å². The fourth-order valence-corrected chi connectivity index (χ4v) is 3.02. The monoisotopic (exact) mass is 298 g/mol. The Kier molecular flexibility index (Phi) is 4.59. The van der Waals surface area contributed by atoms with Gasteiger partial charge in [0.15, 0.2) is 0 Å². The molecule has 0 aromatic heterocycles. The number of phenolic OH excluding ortho intramolecular Hbond substituents is 1. The van der Waals surface area contributed by atoms with Gasteiger partial charge in [-0.15, -0.1) is 0 Å². The van der Waals surface area contributed by atoms with Crippen molar-refractivity contribution >= 4 is 16.7 Å². The summed E-state index contributed by atoms with van der Waals surface area (Å²) in [6, 6.07) is 11.1. The van der Waals surface area contributed by atoms with Crippen LogP contribution in [0.4, 0.5) is 0 Å². The van der Waals surface area contributed by atoms with Crippen molar-refractivity contribution in [3.63, 3.8) is 0 Å². The first-order valence-corrected chi connectivity index (χ1v) is 7.96. The second kappa shape index (κ2) is 6.79. The van der Waals surface area contributed by atoms with Gasteiger partial charge in [-0.25, -0.2) is 0 Å². The molecule has 1 heterocycles. The largest absolute Gasteiger partial charge is 0.507 e. The molecule has 116 valence electrons. The van der Waals surface area contributed by atoms with E-state index in [1.165, 1.54) is 19.3 Å². The number of aromatic hydroxyl groups is 1. The third kappa shape index (κ3) is 3.39. The molecule has 4 nitrogen and oxygen atoms in total. The standard InChI is InChI=1S/C18H22N2O2/c21-17-13-15-7-3-2-6-14(15)12-16(17)18(22)19-8-11-20-9-4-1-5-10-20/h2-3,6-7,12-13,21H,1,4-5,8-11H2,(H,19,22). The number of hydrogen-bond acceptors (Lipinski definition) is 3. The van der Waals surface area contributed by atoms with Crippen LogP contribution in [0.25, 0.3) is 10.8 Å². The number of hydrogen-bond donors (Lipinski definition) is 2. The van der Waals surface area contributed by atoms with E-state index in [4.69, 9.17) is 0 Å². The SMILES string of the molecule is O=C(NCCN1CCCCC1)c1cc2ccccc2cc1O. The van der Waals surface area contributed by atoms with Crippen LogP contribution in [0.5, 0.6) is 5.75 Å². The minimum Gasteiger partial charge on any atom is -0.507 e. The molecule has 2 aromatic carbocycles. The minimum atomic E-state index is -0.208. The summed E-state index contributed by atoms with van der Waals surface area (Å²) in [6.07, 6.45) is 3.81. The maximum absolute atomic E-state index is 12.3. The zero-order valence-corrected chi connectivity index (χ0v) is 12.7. The van der Waals surface area contributed by atoms with E-state index in [1.807, 2.05) is 24.3 Å². The normalized spacial score (nSPS) is 15.8. The first-order valence-electron chi connectivity index (χ1n) is 7.96. The molecule has 0 bridgehead atoms. The molecule has 22 heavy (non-hydrogen) atoms. The molecule has 1 aliphatic rings. The molecule has 2 N–H and O–H groups in total. The lowest BCUT2D eigenvalue weighted by Crippen LogP contribution is -2.37. The number of carbonyl (C=O) groups excluding carboxylic acids is 1. The molecular weight excluding hydrogens is 276 g/mol. The molecule has 1 saturated heterocycles. The average molecular weight is 298 g/mol. The Hall–Kier alpha value is -2.07. The van der Waals surface area contributed by atoms with E-state index in [9.17, 15) is 9.90 Å². The molecule has 2 aromatic rings. The summed E-state index contributed by atoms with van der Waals surface area (Å²) >= 11 is 0. The highest BCUT2D eigenvalue weighted by atomic mass is 16.3. The van der Waals surface area contributed by atoms with Crippen LogP contribution in [-0.4, -0.2) is 42.1 Å². The molecule has 3 rings (SSSR count). The molecule has 0 unspecified atom stereocenters. The molecule has 1 fully saturated rings. The molecule has 1 amide bonds. The van der Waals surface area contributed by atoms with Crippen molar-refractivity contribution in [1.29, 1.82) is 0 Å². The van der Waals surface area contributed by atoms with E-state index >= 15 is 0 Å². The van der Waals surface area contributed by atoms with Gasteiger partial charge >= 0.3 is 0 Å². The van der Waals surface area contributed by atoms with Gasteiger partial charge in [0.05, 0.1) is 5.56 Å². The van der Waals surface area contributed by atoms with Crippen molar-refractivity contribution < 1.29 is 9.90 Å². The van der Waals surface area contributed by atoms with Gasteiger partial charge in [0.2, 0.25) is 0 Å². The summed E-state index contributed by atoms with van der Waals surface area (Å²) in [5, 5.41) is 14.9. The van der Waals surface area contributed by atoms with Gasteiger partial charge in [-0.3, -0.25) is 4.79 Å². The van der Waals surface area contributed by atoms with Gasteiger partial charge < -0.3 is 15.3 Å². The molecule has 0 saturated carbocycles. The van der Waals surface area contributed by atoms with Crippen molar-refractivity contribution in [2.45, 2.75) is 19.3 Å². The van der Waals surface area contributed by atoms with Gasteiger partial charge in [0.1, 0.15) is 5.75 Å². The smallest absolute Gasteiger partial charge is 0.255 e. The average Bonchev–Trinajstić information content (AvgIpc) is 2.55. The fourth-order valence-electron chi connectivity index (χ4n) is 3.02. The summed E-state index contributed by atoms with van der Waals surface area (Å²) in [5.41, 5.74) is 0.345. The number of carbonyl (C=O) groups is 1. The van der Waals surface area contributed by atoms with E-state index < -0.39 is 0 Å². The van der Waals surface area contributed by atoms with Crippen LogP contribution in [0.3, 0.4) is 0 Å². The van der Waals surface area contributed by atoms with Crippen LogP contribution in [0, 0.1) is 0 Å². The van der Waals surface area contributed by atoms with E-state index in [1.54, 1.807) is 12.1 Å². The summed E-state index contributed by atoms with van der Waals surface area (Å²) in [7, 11) is 0. The molecule has 0 radical (unpaired) electrons. The van der Waals surface area contributed by atoms with E-state index in [0.717, 1.165) is 30.4 Å². The molecule has 0 spiro atoms. The third-order valence-corrected chi connectivity index (χ3v) is 4.27. The lowest BCUT2D eigenvalue weighted by molar-refractivity contribution is 0.0944. The van der Waals surface area contributed by atoms with Crippen LogP contribution >= 0.6 is 0 Å². The Bertz CT molecular complexity index is 663. The number of rotatable bonds is 4. The number of nitrogens with one attached hydrogen (secondary N) is 1. The second-order valence-electron chi connectivity index (χ2n) is 5.87. The van der Waals surface area contributed by atoms with E-state index in [-0.39, 0.29) is 11.7 Å². The summed E-state index contributed by atoms with van der Waals surface area (Å²) in [6.45, 7) is 3.74. The Morgan fingerprint density at radius 1 is 1.09 bits per heavy atom. The number of phenols is 1. The van der Waals surface area contributed by atoms with Crippen molar-refractivity contribution in [2.24, 2.45) is 0 Å². The maximum atomic E-state index is 12.3. The van der Waals surface area contributed by atoms with Gasteiger partial charge in [0.25, 0.3) is 5.91 Å². The molecule has 4 heteroatoms. The number of amides is 1. The maximum Gasteiger partial charge on any atom is 0.255 e. The van der Waals surface area contributed by atoms with Crippen LogP contribution < -0.4 is 5.32 Å². The number of nitrogens with zero attached hydrogens (tertiary/aromatic N) is 1. The van der Waals surface area contributed by atoms with Crippen LogP contribution in [0.15, 0.2) is 36.4 Å². The zero-order chi connectivity index (χ0) is 15.4. The quantitative estimate of drug-likeness (QED) is 0.912. The van der Waals surface area contributed by atoms with E-state index in [2.05, 4.69) is 10.2 Å². The van der Waals surface area contributed by atoms with Crippen molar-refractivity contribution in [2.75, 3.05) is 26.2 Å². The number of fused-ring (bicyclic) bond motifs is 1. The topological polar surface area (TPSA) is 52.6 Å².